The van der Waals surface area contributed by atoms with Gasteiger partial charge in [-0.3, -0.25) is 4.79 Å². The Labute approximate surface area is 127 Å². The van der Waals surface area contributed by atoms with Crippen LogP contribution in [-0.2, 0) is 14.3 Å². The van der Waals surface area contributed by atoms with Crippen molar-refractivity contribution in [2.45, 2.75) is 76.4 Å². The van der Waals surface area contributed by atoms with Gasteiger partial charge in [0.15, 0.2) is 0 Å². The highest BCUT2D eigenvalue weighted by atomic mass is 16.5. The van der Waals surface area contributed by atoms with Crippen molar-refractivity contribution < 1.29 is 14.3 Å². The van der Waals surface area contributed by atoms with Gasteiger partial charge in [0.05, 0.1) is 7.11 Å². The van der Waals surface area contributed by atoms with Crippen LogP contribution in [0.25, 0.3) is 0 Å². The monoisotopic (exact) mass is 296 g/mol. The Balaban J connectivity index is 1.88. The number of carbonyl (C=O) groups excluding carboxylic acids is 2. The molecule has 0 saturated carbocycles. The predicted octanol–water partition coefficient (Wildman–Crippen LogP) is 1.76. The molecule has 0 radical (unpaired) electrons. The third-order valence-electron chi connectivity index (χ3n) is 4.85. The summed E-state index contributed by atoms with van der Waals surface area (Å²) in [5, 5.41) is 6.49. The van der Waals surface area contributed by atoms with Crippen molar-refractivity contribution >= 4 is 11.9 Å². The van der Waals surface area contributed by atoms with Gasteiger partial charge in [0.1, 0.15) is 5.54 Å². The molecule has 2 fully saturated rings. The molecule has 1 amide bonds. The van der Waals surface area contributed by atoms with Crippen LogP contribution in [0, 0.1) is 5.92 Å². The van der Waals surface area contributed by atoms with E-state index in [0.29, 0.717) is 30.8 Å². The molecule has 0 aromatic carbocycles. The molecule has 3 atom stereocenters. The predicted molar refractivity (Wildman–Crippen MR) is 80.8 cm³/mol. The van der Waals surface area contributed by atoms with Gasteiger partial charge in [0.2, 0.25) is 5.91 Å². The molecule has 120 valence electrons. The fourth-order valence-electron chi connectivity index (χ4n) is 3.90. The molecule has 0 aromatic rings. The van der Waals surface area contributed by atoms with Crippen LogP contribution in [0.2, 0.25) is 0 Å². The van der Waals surface area contributed by atoms with Crippen molar-refractivity contribution in [3.8, 4) is 0 Å². The number of piperidine rings is 1. The van der Waals surface area contributed by atoms with Crippen molar-refractivity contribution in [3.05, 3.63) is 0 Å². The van der Waals surface area contributed by atoms with Gasteiger partial charge in [-0.15, -0.1) is 0 Å². The largest absolute Gasteiger partial charge is 0.467 e. The van der Waals surface area contributed by atoms with Crippen molar-refractivity contribution in [3.63, 3.8) is 0 Å². The smallest absolute Gasteiger partial charge is 0.331 e. The molecule has 3 unspecified atom stereocenters. The van der Waals surface area contributed by atoms with Crippen LogP contribution in [0.15, 0.2) is 0 Å². The summed E-state index contributed by atoms with van der Waals surface area (Å²) in [7, 11) is 1.37. The van der Waals surface area contributed by atoms with Crippen LogP contribution in [0.3, 0.4) is 0 Å². The van der Waals surface area contributed by atoms with Crippen molar-refractivity contribution in [2.75, 3.05) is 7.11 Å². The lowest BCUT2D eigenvalue weighted by molar-refractivity contribution is -0.150. The summed E-state index contributed by atoms with van der Waals surface area (Å²) in [6.45, 7) is 3.75. The number of hydrogen-bond acceptors (Lipinski definition) is 4. The molecule has 5 nitrogen and oxygen atoms in total. The second-order valence-corrected chi connectivity index (χ2v) is 6.80. The van der Waals surface area contributed by atoms with Crippen molar-refractivity contribution in [1.82, 2.24) is 10.6 Å². The van der Waals surface area contributed by atoms with E-state index in [0.717, 1.165) is 19.3 Å². The summed E-state index contributed by atoms with van der Waals surface area (Å²) in [4.78, 5) is 24.2. The van der Waals surface area contributed by atoms with Gasteiger partial charge >= 0.3 is 5.97 Å². The summed E-state index contributed by atoms with van der Waals surface area (Å²) >= 11 is 0. The fraction of sp³-hybridized carbons (Fsp3) is 0.875. The summed E-state index contributed by atoms with van der Waals surface area (Å²) in [5.41, 5.74) is -0.896. The molecule has 2 heterocycles. The van der Waals surface area contributed by atoms with Gasteiger partial charge in [-0.1, -0.05) is 13.3 Å². The van der Waals surface area contributed by atoms with Crippen molar-refractivity contribution in [2.24, 2.45) is 5.92 Å². The first kappa shape index (κ1) is 16.3. The minimum Gasteiger partial charge on any atom is -0.467 e. The molecule has 2 N–H and O–H groups in total. The molecule has 2 aliphatic heterocycles. The molecule has 2 rings (SSSR count). The second kappa shape index (κ2) is 6.77. The first-order valence-corrected chi connectivity index (χ1v) is 8.12. The van der Waals surface area contributed by atoms with Gasteiger partial charge in [-0.05, 0) is 44.9 Å². The number of methoxy groups -OCH3 is 1. The first-order chi connectivity index (χ1) is 9.96. The van der Waals surface area contributed by atoms with E-state index in [-0.39, 0.29) is 11.9 Å². The van der Waals surface area contributed by atoms with Crippen LogP contribution >= 0.6 is 0 Å². The van der Waals surface area contributed by atoms with E-state index < -0.39 is 5.54 Å². The SMILES string of the molecule is CCCC(C)(NC(=O)CC1CC2CCC(C1)N2)C(=O)OC. The maximum Gasteiger partial charge on any atom is 0.331 e. The molecule has 2 bridgehead atoms. The second-order valence-electron chi connectivity index (χ2n) is 6.80. The van der Waals surface area contributed by atoms with Crippen LogP contribution < -0.4 is 10.6 Å². The Bertz CT molecular complexity index is 387. The Morgan fingerprint density at radius 1 is 1.29 bits per heavy atom. The third kappa shape index (κ3) is 3.96. The Morgan fingerprint density at radius 3 is 2.43 bits per heavy atom. The molecular weight excluding hydrogens is 268 g/mol. The Kier molecular flexibility index (Phi) is 5.25. The standard InChI is InChI=1S/C16H28N2O3/c1-4-7-16(2,15(20)21-3)18-14(19)10-11-8-12-5-6-13(9-11)17-12/h11-13,17H,4-10H2,1-3H3,(H,18,19). The van der Waals surface area contributed by atoms with E-state index in [1.807, 2.05) is 6.92 Å². The molecule has 2 aliphatic rings. The summed E-state index contributed by atoms with van der Waals surface area (Å²) in [6.07, 6.45) is 6.56. The van der Waals surface area contributed by atoms with Gasteiger partial charge in [0.25, 0.3) is 0 Å². The normalized spacial score (nSPS) is 30.5. The number of fused-ring (bicyclic) bond motifs is 2. The summed E-state index contributed by atoms with van der Waals surface area (Å²) in [5.74, 6) is 0.0537. The van der Waals surface area contributed by atoms with E-state index >= 15 is 0 Å². The maximum atomic E-state index is 12.3. The third-order valence-corrected chi connectivity index (χ3v) is 4.85. The zero-order chi connectivity index (χ0) is 15.5. The molecule has 21 heavy (non-hydrogen) atoms. The van der Waals surface area contributed by atoms with E-state index in [1.165, 1.54) is 20.0 Å². The number of carbonyl (C=O) groups is 2. The molecule has 0 aromatic heterocycles. The zero-order valence-electron chi connectivity index (χ0n) is 13.4. The highest BCUT2D eigenvalue weighted by molar-refractivity contribution is 5.87. The highest BCUT2D eigenvalue weighted by Crippen LogP contribution is 2.32. The average molecular weight is 296 g/mol. The molecule has 0 spiro atoms. The Hall–Kier alpha value is -1.10. The molecule has 5 heteroatoms. The summed E-state index contributed by atoms with van der Waals surface area (Å²) in [6, 6.07) is 1.17. The van der Waals surface area contributed by atoms with E-state index in [9.17, 15) is 9.59 Å². The number of ether oxygens (including phenoxy) is 1. The minimum atomic E-state index is -0.896. The van der Waals surface area contributed by atoms with E-state index in [2.05, 4.69) is 10.6 Å². The topological polar surface area (TPSA) is 67.4 Å². The number of hydrogen-bond donors (Lipinski definition) is 2. The van der Waals surface area contributed by atoms with Crippen LogP contribution in [0.4, 0.5) is 0 Å². The van der Waals surface area contributed by atoms with Crippen LogP contribution in [-0.4, -0.2) is 36.6 Å². The van der Waals surface area contributed by atoms with Gasteiger partial charge in [-0.25, -0.2) is 4.79 Å². The van der Waals surface area contributed by atoms with Crippen LogP contribution in [0.5, 0.6) is 0 Å². The summed E-state index contributed by atoms with van der Waals surface area (Å²) < 4.78 is 4.84. The minimum absolute atomic E-state index is 0.0253. The molecule has 2 saturated heterocycles. The molecule has 0 aliphatic carbocycles. The van der Waals surface area contributed by atoms with Gasteiger partial charge in [0, 0.05) is 18.5 Å². The number of rotatable bonds is 6. The lowest BCUT2D eigenvalue weighted by atomic mass is 9.88. The number of amides is 1. The average Bonchev–Trinajstić information content (AvgIpc) is 2.77. The highest BCUT2D eigenvalue weighted by Gasteiger charge is 2.37. The van der Waals surface area contributed by atoms with E-state index in [1.54, 1.807) is 6.92 Å². The quantitative estimate of drug-likeness (QED) is 0.733. The van der Waals surface area contributed by atoms with Crippen molar-refractivity contribution in [1.29, 1.82) is 0 Å². The zero-order valence-corrected chi connectivity index (χ0v) is 13.4. The Morgan fingerprint density at radius 2 is 1.90 bits per heavy atom. The van der Waals surface area contributed by atoms with Gasteiger partial charge in [-0.2, -0.15) is 0 Å². The lowest BCUT2D eigenvalue weighted by Gasteiger charge is -2.31. The van der Waals surface area contributed by atoms with E-state index in [4.69, 9.17) is 4.74 Å². The number of nitrogens with one attached hydrogen (secondary N) is 2. The first-order valence-electron chi connectivity index (χ1n) is 8.12. The van der Waals surface area contributed by atoms with Gasteiger partial charge < -0.3 is 15.4 Å². The lowest BCUT2D eigenvalue weighted by Crippen LogP contribution is -2.53. The fourth-order valence-corrected chi connectivity index (χ4v) is 3.90. The maximum absolute atomic E-state index is 12.3. The molecular formula is C16H28N2O3. The number of esters is 1. The van der Waals surface area contributed by atoms with Crippen LogP contribution in [0.1, 0.15) is 58.8 Å².